The predicted molar refractivity (Wildman–Crippen MR) is 57.2 cm³/mol. The Labute approximate surface area is 83.5 Å². The van der Waals surface area contributed by atoms with Crippen LogP contribution >= 0.6 is 0 Å². The summed E-state index contributed by atoms with van der Waals surface area (Å²) in [5.41, 5.74) is 1.01. The maximum absolute atomic E-state index is 5.28. The van der Waals surface area contributed by atoms with E-state index in [4.69, 9.17) is 4.74 Å². The van der Waals surface area contributed by atoms with Gasteiger partial charge in [-0.05, 0) is 18.4 Å². The van der Waals surface area contributed by atoms with Crippen molar-refractivity contribution in [3.05, 3.63) is 42.2 Å². The second kappa shape index (κ2) is 3.76. The van der Waals surface area contributed by atoms with Gasteiger partial charge >= 0.3 is 0 Å². The second-order valence-corrected chi connectivity index (χ2v) is 3.30. The molecular formula is C12H13NO. The molecule has 14 heavy (non-hydrogen) atoms. The van der Waals surface area contributed by atoms with E-state index in [0.717, 1.165) is 5.69 Å². The first-order valence-corrected chi connectivity index (χ1v) is 4.69. The first-order chi connectivity index (χ1) is 6.83. The van der Waals surface area contributed by atoms with Gasteiger partial charge in [0.05, 0.1) is 11.8 Å². The molecule has 0 bridgehead atoms. The Kier molecular flexibility index (Phi) is 2.46. The minimum atomic E-state index is 0.0427. The van der Waals surface area contributed by atoms with E-state index in [1.54, 1.807) is 7.11 Å². The number of hydrogen-bond donors (Lipinski definition) is 0. The average Bonchev–Trinajstić information content (AvgIpc) is 2.27. The van der Waals surface area contributed by atoms with Gasteiger partial charge in [0.1, 0.15) is 0 Å². The Morgan fingerprint density at radius 1 is 1.21 bits per heavy atom. The Morgan fingerprint density at radius 3 is 2.79 bits per heavy atom. The fourth-order valence-corrected chi connectivity index (χ4v) is 1.58. The third-order valence-corrected chi connectivity index (χ3v) is 2.44. The molecule has 1 aromatic heterocycles. The van der Waals surface area contributed by atoms with E-state index >= 15 is 0 Å². The van der Waals surface area contributed by atoms with Crippen molar-refractivity contribution < 1.29 is 4.74 Å². The van der Waals surface area contributed by atoms with Crippen molar-refractivity contribution in [2.75, 3.05) is 7.11 Å². The van der Waals surface area contributed by atoms with Gasteiger partial charge in [0.2, 0.25) is 0 Å². The Hall–Kier alpha value is -1.41. The van der Waals surface area contributed by atoms with E-state index in [2.05, 4.69) is 17.1 Å². The van der Waals surface area contributed by atoms with Crippen LogP contribution in [0.15, 0.2) is 36.5 Å². The van der Waals surface area contributed by atoms with Crippen LogP contribution in [0.25, 0.3) is 10.8 Å². The lowest BCUT2D eigenvalue weighted by molar-refractivity contribution is 0.117. The van der Waals surface area contributed by atoms with Crippen molar-refractivity contribution >= 4 is 10.8 Å². The van der Waals surface area contributed by atoms with E-state index in [1.807, 2.05) is 31.3 Å². The topological polar surface area (TPSA) is 22.1 Å². The molecule has 72 valence electrons. The molecule has 0 aliphatic carbocycles. The van der Waals surface area contributed by atoms with Gasteiger partial charge < -0.3 is 4.74 Å². The van der Waals surface area contributed by atoms with Crippen molar-refractivity contribution in [1.29, 1.82) is 0 Å². The molecule has 0 aliphatic rings. The first-order valence-electron chi connectivity index (χ1n) is 4.69. The summed E-state index contributed by atoms with van der Waals surface area (Å²) in [6, 6.07) is 10.2. The number of methoxy groups -OCH3 is 1. The highest BCUT2D eigenvalue weighted by atomic mass is 16.5. The molecule has 2 rings (SSSR count). The number of aromatic nitrogens is 1. The lowest BCUT2D eigenvalue weighted by atomic mass is 10.1. The summed E-state index contributed by atoms with van der Waals surface area (Å²) in [6.45, 7) is 2.01. The molecule has 0 fully saturated rings. The summed E-state index contributed by atoms with van der Waals surface area (Å²) in [6.07, 6.45) is 1.87. The zero-order valence-corrected chi connectivity index (χ0v) is 8.40. The molecule has 1 unspecified atom stereocenters. The van der Waals surface area contributed by atoms with Crippen LogP contribution in [0.2, 0.25) is 0 Å². The summed E-state index contributed by atoms with van der Waals surface area (Å²) in [7, 11) is 1.70. The van der Waals surface area contributed by atoms with Gasteiger partial charge in [-0.3, -0.25) is 4.98 Å². The predicted octanol–water partition coefficient (Wildman–Crippen LogP) is 2.94. The van der Waals surface area contributed by atoms with Gasteiger partial charge in [0.25, 0.3) is 0 Å². The maximum atomic E-state index is 5.28. The highest BCUT2D eigenvalue weighted by Gasteiger charge is 2.08. The monoisotopic (exact) mass is 187 g/mol. The number of nitrogens with zero attached hydrogens (tertiary/aromatic N) is 1. The average molecular weight is 187 g/mol. The van der Waals surface area contributed by atoms with Crippen LogP contribution in [-0.4, -0.2) is 12.1 Å². The van der Waals surface area contributed by atoms with Crippen molar-refractivity contribution in [3.8, 4) is 0 Å². The van der Waals surface area contributed by atoms with Crippen LogP contribution in [0.3, 0.4) is 0 Å². The maximum Gasteiger partial charge on any atom is 0.0969 e. The number of fused-ring (bicyclic) bond motifs is 1. The molecule has 1 heterocycles. The fourth-order valence-electron chi connectivity index (χ4n) is 1.58. The zero-order valence-electron chi connectivity index (χ0n) is 8.40. The van der Waals surface area contributed by atoms with Crippen molar-refractivity contribution in [1.82, 2.24) is 4.98 Å². The number of rotatable bonds is 2. The highest BCUT2D eigenvalue weighted by molar-refractivity contribution is 5.84. The van der Waals surface area contributed by atoms with Gasteiger partial charge in [-0.2, -0.15) is 0 Å². The van der Waals surface area contributed by atoms with E-state index in [9.17, 15) is 0 Å². The van der Waals surface area contributed by atoms with E-state index in [1.165, 1.54) is 10.8 Å². The van der Waals surface area contributed by atoms with Crippen LogP contribution in [-0.2, 0) is 4.74 Å². The van der Waals surface area contributed by atoms with Gasteiger partial charge in [0, 0.05) is 18.7 Å². The number of ether oxygens (including phenoxy) is 1. The zero-order chi connectivity index (χ0) is 9.97. The molecule has 1 atom stereocenters. The largest absolute Gasteiger partial charge is 0.375 e. The minimum absolute atomic E-state index is 0.0427. The number of pyridine rings is 1. The summed E-state index contributed by atoms with van der Waals surface area (Å²) in [5, 5.41) is 2.38. The number of hydrogen-bond acceptors (Lipinski definition) is 2. The molecular weight excluding hydrogens is 174 g/mol. The SMILES string of the molecule is COC(C)c1nccc2ccccc12. The van der Waals surface area contributed by atoms with Gasteiger partial charge in [0.15, 0.2) is 0 Å². The number of benzene rings is 1. The van der Waals surface area contributed by atoms with Gasteiger partial charge in [-0.25, -0.2) is 0 Å². The Balaban J connectivity index is 2.65. The molecule has 0 amide bonds. The molecule has 0 saturated heterocycles. The minimum Gasteiger partial charge on any atom is -0.375 e. The molecule has 1 aromatic carbocycles. The first kappa shape index (κ1) is 9.16. The van der Waals surface area contributed by atoms with Crippen molar-refractivity contribution in [2.24, 2.45) is 0 Å². The van der Waals surface area contributed by atoms with Crippen LogP contribution in [0.4, 0.5) is 0 Å². The van der Waals surface area contributed by atoms with Crippen LogP contribution in [0.1, 0.15) is 18.7 Å². The van der Waals surface area contributed by atoms with Crippen LogP contribution < -0.4 is 0 Å². The summed E-state index contributed by atoms with van der Waals surface area (Å²) < 4.78 is 5.28. The molecule has 0 N–H and O–H groups in total. The fraction of sp³-hybridized carbons (Fsp3) is 0.250. The van der Waals surface area contributed by atoms with Crippen molar-refractivity contribution in [2.45, 2.75) is 13.0 Å². The summed E-state index contributed by atoms with van der Waals surface area (Å²) >= 11 is 0. The lowest BCUT2D eigenvalue weighted by Gasteiger charge is -2.11. The molecule has 0 radical (unpaired) electrons. The van der Waals surface area contributed by atoms with Crippen LogP contribution in [0.5, 0.6) is 0 Å². The third kappa shape index (κ3) is 1.49. The molecule has 0 aliphatic heterocycles. The lowest BCUT2D eigenvalue weighted by Crippen LogP contribution is -1.99. The third-order valence-electron chi connectivity index (χ3n) is 2.44. The normalized spacial score (nSPS) is 13.0. The van der Waals surface area contributed by atoms with Crippen LogP contribution in [0, 0.1) is 0 Å². The molecule has 2 heteroatoms. The molecule has 2 nitrogen and oxygen atoms in total. The summed E-state index contributed by atoms with van der Waals surface area (Å²) in [5.74, 6) is 0. The van der Waals surface area contributed by atoms with E-state index in [-0.39, 0.29) is 6.10 Å². The standard InChI is InChI=1S/C12H13NO/c1-9(14-2)12-11-6-4-3-5-10(11)7-8-13-12/h3-9H,1-2H3. The van der Waals surface area contributed by atoms with Gasteiger partial charge in [-0.1, -0.05) is 24.3 Å². The molecule has 0 spiro atoms. The molecule has 2 aromatic rings. The summed E-state index contributed by atoms with van der Waals surface area (Å²) in [4.78, 5) is 4.35. The van der Waals surface area contributed by atoms with E-state index < -0.39 is 0 Å². The Bertz CT molecular complexity index is 434. The quantitative estimate of drug-likeness (QED) is 0.721. The van der Waals surface area contributed by atoms with E-state index in [0.29, 0.717) is 0 Å². The smallest absolute Gasteiger partial charge is 0.0969 e. The highest BCUT2D eigenvalue weighted by Crippen LogP contribution is 2.23. The Morgan fingerprint density at radius 2 is 2.00 bits per heavy atom. The molecule has 0 saturated carbocycles. The van der Waals surface area contributed by atoms with Crippen molar-refractivity contribution in [3.63, 3.8) is 0 Å². The van der Waals surface area contributed by atoms with Gasteiger partial charge in [-0.15, -0.1) is 0 Å². The second-order valence-electron chi connectivity index (χ2n) is 3.30.